The van der Waals surface area contributed by atoms with Crippen LogP contribution in [0.1, 0.15) is 37.0 Å². The Balaban J connectivity index is 1.87. The second-order valence-corrected chi connectivity index (χ2v) is 7.47. The zero-order valence-electron chi connectivity index (χ0n) is 16.4. The van der Waals surface area contributed by atoms with Gasteiger partial charge in [-0.3, -0.25) is 0 Å². The van der Waals surface area contributed by atoms with Gasteiger partial charge in [0.05, 0.1) is 0 Å². The van der Waals surface area contributed by atoms with E-state index in [2.05, 4.69) is 6.92 Å². The van der Waals surface area contributed by atoms with Gasteiger partial charge in [0.2, 0.25) is 0 Å². The van der Waals surface area contributed by atoms with Crippen molar-refractivity contribution in [3.05, 3.63) is 70.8 Å². The minimum absolute atomic E-state index is 0.0200. The average molecular weight is 402 g/mol. The van der Waals surface area contributed by atoms with Crippen molar-refractivity contribution in [3.8, 4) is 11.1 Å². The van der Waals surface area contributed by atoms with E-state index >= 15 is 4.39 Å². The summed E-state index contributed by atoms with van der Waals surface area (Å²) in [6.45, 7) is 3.83. The number of ether oxygens (including phenoxy) is 1. The molecule has 0 fully saturated rings. The summed E-state index contributed by atoms with van der Waals surface area (Å²) in [5.41, 5.74) is 1.55. The second-order valence-electron chi connectivity index (χ2n) is 7.47. The Morgan fingerprint density at radius 1 is 1.00 bits per heavy atom. The molecule has 1 unspecified atom stereocenters. The molecule has 1 aliphatic carbocycles. The molecule has 0 bridgehead atoms. The highest BCUT2D eigenvalue weighted by Gasteiger charge is 2.51. The topological polar surface area (TPSA) is 9.23 Å². The first-order valence-electron chi connectivity index (χ1n) is 9.91. The number of halogens is 4. The summed E-state index contributed by atoms with van der Waals surface area (Å²) < 4.78 is 65.2. The van der Waals surface area contributed by atoms with E-state index in [-0.39, 0.29) is 29.4 Å². The SMILES string of the molecule is CCCc1ccc(-c2cc3ccc4c(c3c(F)c2F)C(F)(F)C(OCC)C4)cc1. The van der Waals surface area contributed by atoms with E-state index in [1.54, 1.807) is 31.2 Å². The van der Waals surface area contributed by atoms with Crippen molar-refractivity contribution in [2.45, 2.75) is 45.1 Å². The lowest BCUT2D eigenvalue weighted by Crippen LogP contribution is -2.29. The number of hydrogen-bond acceptors (Lipinski definition) is 1. The third kappa shape index (κ3) is 3.21. The van der Waals surface area contributed by atoms with Crippen LogP contribution in [-0.2, 0) is 23.5 Å². The lowest BCUT2D eigenvalue weighted by Gasteiger charge is -2.21. The van der Waals surface area contributed by atoms with Crippen molar-refractivity contribution < 1.29 is 22.3 Å². The van der Waals surface area contributed by atoms with Crippen LogP contribution in [-0.4, -0.2) is 12.7 Å². The van der Waals surface area contributed by atoms with Crippen molar-refractivity contribution in [1.29, 1.82) is 0 Å². The fraction of sp³-hybridized carbons (Fsp3) is 0.333. The van der Waals surface area contributed by atoms with Crippen LogP contribution in [0, 0.1) is 11.6 Å². The molecule has 3 aromatic carbocycles. The molecule has 0 saturated heterocycles. The molecule has 5 heteroatoms. The lowest BCUT2D eigenvalue weighted by molar-refractivity contribution is -0.128. The Hall–Kier alpha value is -2.40. The summed E-state index contributed by atoms with van der Waals surface area (Å²) in [4.78, 5) is 0. The summed E-state index contributed by atoms with van der Waals surface area (Å²) in [6.07, 6.45) is 0.506. The summed E-state index contributed by atoms with van der Waals surface area (Å²) in [7, 11) is 0. The first kappa shape index (κ1) is 19.9. The van der Waals surface area contributed by atoms with Gasteiger partial charge in [0.25, 0.3) is 5.92 Å². The van der Waals surface area contributed by atoms with Crippen LogP contribution in [0.3, 0.4) is 0 Å². The molecule has 152 valence electrons. The van der Waals surface area contributed by atoms with E-state index in [0.29, 0.717) is 11.1 Å². The van der Waals surface area contributed by atoms with E-state index in [4.69, 9.17) is 4.74 Å². The van der Waals surface area contributed by atoms with Crippen LogP contribution in [0.2, 0.25) is 0 Å². The van der Waals surface area contributed by atoms with E-state index in [9.17, 15) is 13.2 Å². The monoisotopic (exact) mass is 402 g/mol. The minimum atomic E-state index is -3.37. The van der Waals surface area contributed by atoms with Gasteiger partial charge in [-0.2, -0.15) is 8.78 Å². The van der Waals surface area contributed by atoms with Crippen LogP contribution in [0.15, 0.2) is 42.5 Å². The Kier molecular flexibility index (Phi) is 5.11. The fourth-order valence-corrected chi connectivity index (χ4v) is 4.22. The van der Waals surface area contributed by atoms with Crippen molar-refractivity contribution in [2.75, 3.05) is 6.61 Å². The first-order chi connectivity index (χ1) is 13.9. The molecule has 0 heterocycles. The number of fused-ring (bicyclic) bond motifs is 3. The maximum atomic E-state index is 15.1. The van der Waals surface area contributed by atoms with Crippen LogP contribution in [0.25, 0.3) is 21.9 Å². The molecule has 0 N–H and O–H groups in total. The molecule has 1 nitrogen and oxygen atoms in total. The van der Waals surface area contributed by atoms with Gasteiger partial charge >= 0.3 is 0 Å². The van der Waals surface area contributed by atoms with Crippen LogP contribution in [0.5, 0.6) is 0 Å². The van der Waals surface area contributed by atoms with Crippen molar-refractivity contribution in [1.82, 2.24) is 0 Å². The summed E-state index contributed by atoms with van der Waals surface area (Å²) in [5, 5.41) is -0.0920. The van der Waals surface area contributed by atoms with Gasteiger partial charge in [-0.25, -0.2) is 8.78 Å². The third-order valence-corrected chi connectivity index (χ3v) is 5.59. The molecule has 0 radical (unpaired) electrons. The molecule has 0 aliphatic heterocycles. The molecule has 1 aliphatic rings. The number of aryl methyl sites for hydroxylation is 1. The van der Waals surface area contributed by atoms with E-state index in [1.165, 1.54) is 6.07 Å². The van der Waals surface area contributed by atoms with Gasteiger partial charge in [-0.1, -0.05) is 49.7 Å². The van der Waals surface area contributed by atoms with Crippen molar-refractivity contribution >= 4 is 10.8 Å². The van der Waals surface area contributed by atoms with Crippen molar-refractivity contribution in [3.63, 3.8) is 0 Å². The molecule has 0 spiro atoms. The summed E-state index contributed by atoms with van der Waals surface area (Å²) in [6, 6.07) is 11.8. The fourth-order valence-electron chi connectivity index (χ4n) is 4.22. The highest BCUT2D eigenvalue weighted by molar-refractivity contribution is 5.92. The van der Waals surface area contributed by atoms with Gasteiger partial charge < -0.3 is 4.74 Å². The van der Waals surface area contributed by atoms with Gasteiger partial charge in [-0.05, 0) is 41.5 Å². The van der Waals surface area contributed by atoms with Crippen molar-refractivity contribution in [2.24, 2.45) is 0 Å². The van der Waals surface area contributed by atoms with Crippen LogP contribution >= 0.6 is 0 Å². The van der Waals surface area contributed by atoms with E-state index in [0.717, 1.165) is 18.4 Å². The van der Waals surface area contributed by atoms with Gasteiger partial charge in [-0.15, -0.1) is 0 Å². The third-order valence-electron chi connectivity index (χ3n) is 5.59. The molecular formula is C24H22F4O. The quantitative estimate of drug-likeness (QED) is 0.427. The zero-order valence-corrected chi connectivity index (χ0v) is 16.4. The summed E-state index contributed by atoms with van der Waals surface area (Å²) in [5.74, 6) is -5.71. The summed E-state index contributed by atoms with van der Waals surface area (Å²) >= 11 is 0. The smallest absolute Gasteiger partial charge is 0.300 e. The van der Waals surface area contributed by atoms with Crippen LogP contribution in [0.4, 0.5) is 17.6 Å². The van der Waals surface area contributed by atoms with Crippen LogP contribution < -0.4 is 0 Å². The Morgan fingerprint density at radius 3 is 2.38 bits per heavy atom. The molecule has 1 atom stereocenters. The molecule has 0 aromatic heterocycles. The predicted molar refractivity (Wildman–Crippen MR) is 106 cm³/mol. The van der Waals surface area contributed by atoms with Gasteiger partial charge in [0.1, 0.15) is 6.10 Å². The van der Waals surface area contributed by atoms with Gasteiger partial charge in [0, 0.05) is 29.5 Å². The average Bonchev–Trinajstić information content (AvgIpc) is 2.96. The Morgan fingerprint density at radius 2 is 1.72 bits per heavy atom. The molecular weight excluding hydrogens is 380 g/mol. The van der Waals surface area contributed by atoms with E-state index < -0.39 is 29.2 Å². The molecule has 0 amide bonds. The normalized spacial score (nSPS) is 17.7. The molecule has 29 heavy (non-hydrogen) atoms. The molecule has 0 saturated carbocycles. The number of benzene rings is 3. The maximum Gasteiger partial charge on any atom is 0.300 e. The first-order valence-corrected chi connectivity index (χ1v) is 9.91. The lowest BCUT2D eigenvalue weighted by atomic mass is 9.94. The highest BCUT2D eigenvalue weighted by Crippen LogP contribution is 2.48. The Bertz CT molecular complexity index is 1060. The largest absolute Gasteiger partial charge is 0.371 e. The highest BCUT2D eigenvalue weighted by atomic mass is 19.3. The standard InChI is InChI=1S/C24H22F4O/c1-3-5-14-6-8-15(9-7-14)18-12-16-10-11-17-13-19(29-4-2)24(27,28)21(17)20(16)23(26)22(18)25/h6-12,19H,3-5,13H2,1-2H3. The minimum Gasteiger partial charge on any atom is -0.371 e. The Labute approximate surface area is 167 Å². The molecule has 4 rings (SSSR count). The van der Waals surface area contributed by atoms with E-state index in [1.807, 2.05) is 12.1 Å². The number of hydrogen-bond donors (Lipinski definition) is 0. The van der Waals surface area contributed by atoms with Gasteiger partial charge in [0.15, 0.2) is 11.6 Å². The predicted octanol–water partition coefficient (Wildman–Crippen LogP) is 6.79. The molecule has 3 aromatic rings. The number of rotatable bonds is 5. The maximum absolute atomic E-state index is 15.1. The second kappa shape index (κ2) is 7.45. The number of alkyl halides is 2. The zero-order chi connectivity index (χ0) is 20.8.